The van der Waals surface area contributed by atoms with Gasteiger partial charge >= 0.3 is 64.3 Å². The molecule has 0 atom stereocenters. The van der Waals surface area contributed by atoms with E-state index in [0.717, 1.165) is 6.07 Å². The summed E-state index contributed by atoms with van der Waals surface area (Å²) in [6.45, 7) is -5.38. The molecule has 0 aliphatic rings. The molecule has 0 aliphatic heterocycles. The topological polar surface area (TPSA) is 50.4 Å². The largest absolute Gasteiger partial charge is 1.00 e. The number of carboxylic acids is 1. The number of hydrogen-bond donors (Lipinski definition) is 1. The van der Waals surface area contributed by atoms with Crippen molar-refractivity contribution >= 4 is 18.6 Å². The van der Waals surface area contributed by atoms with Gasteiger partial charge in [0.15, 0.2) is 0 Å². The Labute approximate surface area is 114 Å². The second-order valence-corrected chi connectivity index (χ2v) is 2.08. The van der Waals surface area contributed by atoms with Crippen LogP contribution in [0.2, 0.25) is 0 Å². The molecule has 1 heterocycles. The van der Waals surface area contributed by atoms with Gasteiger partial charge in [0.25, 0.3) is 0 Å². The fourth-order valence-electron chi connectivity index (χ4n) is 0.751. The molecule has 66 valence electrons. The van der Waals surface area contributed by atoms with Crippen molar-refractivity contribution in [1.29, 1.82) is 0 Å². The molecule has 0 aromatic carbocycles. The van der Waals surface area contributed by atoms with Gasteiger partial charge in [-0.2, -0.15) is 0 Å². The van der Waals surface area contributed by atoms with Crippen LogP contribution in [-0.4, -0.2) is 18.1 Å². The van der Waals surface area contributed by atoms with Gasteiger partial charge in [0.05, 0.1) is 17.5 Å². The van der Waals surface area contributed by atoms with Gasteiger partial charge < -0.3 is 22.5 Å². The minimum atomic E-state index is -5.38. The normalized spacial score (nSPS) is 10.7. The predicted molar refractivity (Wildman–Crippen MR) is 34.4 cm³/mol. The van der Waals surface area contributed by atoms with E-state index in [-0.39, 0.29) is 51.4 Å². The number of hydrogen-bond acceptors (Lipinski definition) is 2. The Balaban J connectivity index is 0.00000144. The van der Waals surface area contributed by atoms with E-state index in [9.17, 15) is 17.7 Å². The van der Waals surface area contributed by atoms with Crippen molar-refractivity contribution in [2.75, 3.05) is 0 Å². The van der Waals surface area contributed by atoms with Gasteiger partial charge in [-0.05, 0) is 6.07 Å². The summed E-state index contributed by atoms with van der Waals surface area (Å²) in [5.74, 6) is -1.64. The standard InChI is InChI=1S/C5H3BF3O3.K/c7-6(8,9)4-3(5(10)11)1-2-12-4;/h1-2H,(H,10,11);/q-1;+1. The number of furan rings is 1. The molecule has 0 saturated carbocycles. The average molecular weight is 218 g/mol. The Morgan fingerprint density at radius 3 is 2.31 bits per heavy atom. The number of halogens is 3. The van der Waals surface area contributed by atoms with Crippen molar-refractivity contribution < 1.29 is 78.6 Å². The van der Waals surface area contributed by atoms with Gasteiger partial charge in [0.1, 0.15) is 0 Å². The second kappa shape index (κ2) is 4.65. The first kappa shape index (κ1) is 13.2. The summed E-state index contributed by atoms with van der Waals surface area (Å²) >= 11 is 0. The molecule has 0 saturated heterocycles. The van der Waals surface area contributed by atoms with Crippen LogP contribution in [0, 0.1) is 0 Å². The maximum atomic E-state index is 11.9. The molecular weight excluding hydrogens is 215 g/mol. The van der Waals surface area contributed by atoms with Crippen LogP contribution in [-0.2, 0) is 0 Å². The zero-order valence-corrected chi connectivity index (χ0v) is 9.75. The number of rotatable bonds is 2. The third kappa shape index (κ3) is 3.13. The minimum absolute atomic E-state index is 0. The number of aromatic carboxylic acids is 1. The first-order chi connectivity index (χ1) is 5.43. The molecule has 1 N–H and O–H groups in total. The van der Waals surface area contributed by atoms with Gasteiger partial charge in [-0.15, -0.1) is 0 Å². The predicted octanol–water partition coefficient (Wildman–Crippen LogP) is -1.96. The summed E-state index contributed by atoms with van der Waals surface area (Å²) in [5, 5.41) is 8.27. The third-order valence-corrected chi connectivity index (χ3v) is 1.22. The Morgan fingerprint density at radius 2 is 2.00 bits per heavy atom. The van der Waals surface area contributed by atoms with E-state index in [1.165, 1.54) is 0 Å². The number of carbonyl (C=O) groups is 1. The molecule has 0 radical (unpaired) electrons. The SMILES string of the molecule is O=C(O)c1ccoc1[B-](F)(F)F.[K+]. The molecule has 0 aliphatic carbocycles. The van der Waals surface area contributed by atoms with Crippen LogP contribution in [0.5, 0.6) is 0 Å². The van der Waals surface area contributed by atoms with Crippen molar-refractivity contribution in [3.63, 3.8) is 0 Å². The van der Waals surface area contributed by atoms with Gasteiger partial charge in [-0.1, -0.05) is 0 Å². The van der Waals surface area contributed by atoms with E-state index in [4.69, 9.17) is 5.11 Å². The molecule has 1 aromatic rings. The average Bonchev–Trinajstić information content (AvgIpc) is 2.30. The van der Waals surface area contributed by atoms with Crippen LogP contribution in [0.25, 0.3) is 0 Å². The molecule has 1 rings (SSSR count). The third-order valence-electron chi connectivity index (χ3n) is 1.22. The van der Waals surface area contributed by atoms with Gasteiger partial charge in [-0.25, -0.2) is 4.79 Å². The summed E-state index contributed by atoms with van der Waals surface area (Å²) in [7, 11) is 0. The summed E-state index contributed by atoms with van der Waals surface area (Å²) in [6, 6.07) is 0.771. The Hall–Kier alpha value is 0.241. The molecule has 0 bridgehead atoms. The summed E-state index contributed by atoms with van der Waals surface area (Å²) in [4.78, 5) is 10.2. The van der Waals surface area contributed by atoms with Crippen molar-refractivity contribution in [2.45, 2.75) is 0 Å². The quantitative estimate of drug-likeness (QED) is 0.586. The minimum Gasteiger partial charge on any atom is -0.500 e. The van der Waals surface area contributed by atoms with Crippen LogP contribution in [0.1, 0.15) is 10.4 Å². The molecule has 3 nitrogen and oxygen atoms in total. The van der Waals surface area contributed by atoms with E-state index in [0.29, 0.717) is 6.26 Å². The van der Waals surface area contributed by atoms with Crippen LogP contribution >= 0.6 is 0 Å². The molecule has 13 heavy (non-hydrogen) atoms. The van der Waals surface area contributed by atoms with E-state index in [2.05, 4.69) is 4.42 Å². The fourth-order valence-corrected chi connectivity index (χ4v) is 0.751. The molecule has 0 fully saturated rings. The molecule has 0 spiro atoms. The van der Waals surface area contributed by atoms with E-state index in [1.807, 2.05) is 0 Å². The zero-order chi connectivity index (χ0) is 9.35. The maximum absolute atomic E-state index is 11.9. The van der Waals surface area contributed by atoms with Crippen LogP contribution < -0.4 is 57.0 Å². The van der Waals surface area contributed by atoms with E-state index >= 15 is 0 Å². The van der Waals surface area contributed by atoms with Gasteiger partial charge in [0.2, 0.25) is 0 Å². The number of carboxylic acid groups (broad SMARTS) is 1. The fraction of sp³-hybridized carbons (Fsp3) is 0. The van der Waals surface area contributed by atoms with Crippen molar-refractivity contribution in [3.05, 3.63) is 17.9 Å². The first-order valence-electron chi connectivity index (χ1n) is 2.93. The summed E-state index contributed by atoms with van der Waals surface area (Å²) in [5.41, 5.74) is -2.26. The van der Waals surface area contributed by atoms with Crippen LogP contribution in [0.15, 0.2) is 16.7 Å². The zero-order valence-electron chi connectivity index (χ0n) is 6.63. The van der Waals surface area contributed by atoms with Crippen molar-refractivity contribution in [3.8, 4) is 0 Å². The van der Waals surface area contributed by atoms with E-state index in [1.54, 1.807) is 0 Å². The van der Waals surface area contributed by atoms with Gasteiger partial charge in [0, 0.05) is 0 Å². The first-order valence-corrected chi connectivity index (χ1v) is 2.93. The molecule has 8 heteroatoms. The van der Waals surface area contributed by atoms with Crippen LogP contribution in [0.4, 0.5) is 12.9 Å². The van der Waals surface area contributed by atoms with Gasteiger partial charge in [-0.3, -0.25) is 0 Å². The van der Waals surface area contributed by atoms with E-state index < -0.39 is 24.2 Å². The maximum Gasteiger partial charge on any atom is 1.00 e. The molecule has 1 aromatic heterocycles. The smallest absolute Gasteiger partial charge is 0.500 e. The monoisotopic (exact) mass is 218 g/mol. The molecule has 0 unspecified atom stereocenters. The Bertz CT molecular complexity index is 308. The van der Waals surface area contributed by atoms with Crippen molar-refractivity contribution in [1.82, 2.24) is 0 Å². The summed E-state index contributed by atoms with van der Waals surface area (Å²) < 4.78 is 39.9. The molecular formula is C5H3BF3KO3. The summed E-state index contributed by atoms with van der Waals surface area (Å²) in [6.07, 6.45) is 0.702. The Morgan fingerprint density at radius 1 is 1.46 bits per heavy atom. The second-order valence-electron chi connectivity index (χ2n) is 2.08. The van der Waals surface area contributed by atoms with Crippen molar-refractivity contribution in [2.24, 2.45) is 0 Å². The Kier molecular flexibility index (Phi) is 4.74. The molecule has 0 amide bonds. The van der Waals surface area contributed by atoms with Crippen LogP contribution in [0.3, 0.4) is 0 Å².